The van der Waals surface area contributed by atoms with Crippen molar-refractivity contribution in [2.75, 3.05) is 12.4 Å². The van der Waals surface area contributed by atoms with E-state index in [1.54, 1.807) is 17.9 Å². The second kappa shape index (κ2) is 6.67. The molecule has 0 saturated heterocycles. The maximum Gasteiger partial charge on any atom is 0.277 e. The van der Waals surface area contributed by atoms with Crippen molar-refractivity contribution in [1.82, 2.24) is 15.2 Å². The summed E-state index contributed by atoms with van der Waals surface area (Å²) in [4.78, 5) is 16.1. The van der Waals surface area contributed by atoms with Gasteiger partial charge in [0.05, 0.1) is 35.0 Å². The van der Waals surface area contributed by atoms with E-state index in [4.69, 9.17) is 0 Å². The Morgan fingerprint density at radius 1 is 1.23 bits per heavy atom. The predicted octanol–water partition coefficient (Wildman–Crippen LogP) is 3.24. The van der Waals surface area contributed by atoms with E-state index >= 15 is 0 Å². The van der Waals surface area contributed by atoms with E-state index < -0.39 is 0 Å². The third-order valence-corrected chi connectivity index (χ3v) is 5.28. The van der Waals surface area contributed by atoms with Gasteiger partial charge >= 0.3 is 0 Å². The van der Waals surface area contributed by atoms with Crippen molar-refractivity contribution in [3.05, 3.63) is 48.3 Å². The predicted molar refractivity (Wildman–Crippen MR) is 116 cm³/mol. The van der Waals surface area contributed by atoms with Crippen LogP contribution < -0.4 is 5.32 Å². The average molecular weight is 396 g/mol. The molecule has 3 heterocycles. The molecule has 3 N–H and O–H groups in total. The lowest BCUT2D eigenvalue weighted by molar-refractivity contribution is -0.495. The number of nitrogens with zero attached hydrogens (tertiary/aromatic N) is 4. The van der Waals surface area contributed by atoms with Crippen LogP contribution in [0.15, 0.2) is 47.8 Å². The summed E-state index contributed by atoms with van der Waals surface area (Å²) in [6.45, 7) is 1.93. The fraction of sp³-hybridized carbons (Fsp3) is 0.136. The van der Waals surface area contributed by atoms with Gasteiger partial charge in [0.25, 0.3) is 5.91 Å². The summed E-state index contributed by atoms with van der Waals surface area (Å²) in [5, 5.41) is 25.6. The molecule has 0 bridgehead atoms. The largest absolute Gasteiger partial charge is 0.361 e. The van der Waals surface area contributed by atoms with Crippen LogP contribution in [0.4, 0.5) is 5.69 Å². The average Bonchev–Trinajstić information content (AvgIpc) is 3.46. The van der Waals surface area contributed by atoms with E-state index in [9.17, 15) is 10.1 Å². The number of carbonyl (C=O) groups is 1. The summed E-state index contributed by atoms with van der Waals surface area (Å²) in [5.74, 6) is -0.315. The number of hydrazone groups is 1. The van der Waals surface area contributed by atoms with Crippen molar-refractivity contribution in [2.45, 2.75) is 6.92 Å². The van der Waals surface area contributed by atoms with Gasteiger partial charge in [0.15, 0.2) is 19.0 Å². The molecule has 146 valence electrons. The van der Waals surface area contributed by atoms with Gasteiger partial charge in [0, 0.05) is 27.6 Å². The van der Waals surface area contributed by atoms with Crippen molar-refractivity contribution in [1.29, 1.82) is 5.26 Å². The maximum absolute atomic E-state index is 12.9. The quantitative estimate of drug-likeness (QED) is 0.462. The van der Waals surface area contributed by atoms with Crippen LogP contribution in [0, 0.1) is 17.2 Å². The summed E-state index contributed by atoms with van der Waals surface area (Å²) in [6, 6.07) is 11.7. The zero-order valence-electron chi connectivity index (χ0n) is 16.4. The highest BCUT2D eigenvalue weighted by Crippen LogP contribution is 2.35. The van der Waals surface area contributed by atoms with Crippen molar-refractivity contribution < 1.29 is 9.48 Å². The zero-order chi connectivity index (χ0) is 20.8. The van der Waals surface area contributed by atoms with Gasteiger partial charge in [-0.15, -0.1) is 0 Å². The standard InChI is InChI=1S/C22H17N7O/c1-12-11-29(2)28-21(12)22(30)26-19-7-14(8-20-17(19)10-25-27-20)16-5-13(9-23)6-18-15(16)3-4-24-18/h3-8,10-12H,1-2H3,(H2-,24,25,26,27,28,30)/p+1. The van der Waals surface area contributed by atoms with E-state index in [2.05, 4.69) is 31.7 Å². The number of benzene rings is 2. The molecule has 4 aromatic rings. The first-order valence-corrected chi connectivity index (χ1v) is 9.50. The highest BCUT2D eigenvalue weighted by molar-refractivity contribution is 6.46. The molecule has 8 nitrogen and oxygen atoms in total. The lowest BCUT2D eigenvalue weighted by atomic mass is 9.97. The van der Waals surface area contributed by atoms with Gasteiger partial charge in [-0.25, -0.2) is 0 Å². The number of hydrogen-bond donors (Lipinski definition) is 3. The second-order valence-corrected chi connectivity index (χ2v) is 7.38. The lowest BCUT2D eigenvalue weighted by Gasteiger charge is -2.11. The molecule has 0 spiro atoms. The molecule has 0 fully saturated rings. The highest BCUT2D eigenvalue weighted by atomic mass is 16.2. The van der Waals surface area contributed by atoms with E-state index in [0.29, 0.717) is 17.0 Å². The lowest BCUT2D eigenvalue weighted by Crippen LogP contribution is -2.27. The minimum atomic E-state index is -0.250. The van der Waals surface area contributed by atoms with Crippen molar-refractivity contribution >= 4 is 45.3 Å². The Bertz CT molecular complexity index is 1430. The molecule has 2 aromatic heterocycles. The Hall–Kier alpha value is -4.25. The first-order chi connectivity index (χ1) is 14.5. The van der Waals surface area contributed by atoms with Crippen LogP contribution in [0.25, 0.3) is 32.9 Å². The van der Waals surface area contributed by atoms with E-state index in [1.165, 1.54) is 0 Å². The second-order valence-electron chi connectivity index (χ2n) is 7.38. The molecule has 8 heteroatoms. The summed E-state index contributed by atoms with van der Waals surface area (Å²) >= 11 is 0. The minimum absolute atomic E-state index is 0.0650. The number of nitrogens with one attached hydrogen (secondary N) is 3. The topological polar surface area (TPSA) is 113 Å². The number of amides is 1. The van der Waals surface area contributed by atoms with Crippen LogP contribution in [0.2, 0.25) is 0 Å². The van der Waals surface area contributed by atoms with Crippen LogP contribution in [0.5, 0.6) is 0 Å². The van der Waals surface area contributed by atoms with Crippen molar-refractivity contribution in [3.63, 3.8) is 0 Å². The number of anilines is 1. The zero-order valence-corrected chi connectivity index (χ0v) is 16.4. The van der Waals surface area contributed by atoms with Crippen molar-refractivity contribution in [2.24, 2.45) is 11.0 Å². The molecule has 1 aliphatic heterocycles. The van der Waals surface area contributed by atoms with Gasteiger partial charge in [0.1, 0.15) is 0 Å². The van der Waals surface area contributed by atoms with Crippen LogP contribution in [-0.2, 0) is 4.79 Å². The van der Waals surface area contributed by atoms with E-state index in [1.807, 2.05) is 49.7 Å². The fourth-order valence-electron chi connectivity index (χ4n) is 3.91. The van der Waals surface area contributed by atoms with Crippen LogP contribution in [0.3, 0.4) is 0 Å². The molecule has 30 heavy (non-hydrogen) atoms. The minimum Gasteiger partial charge on any atom is -0.361 e. The summed E-state index contributed by atoms with van der Waals surface area (Å²) in [6.07, 6.45) is 5.42. The fourth-order valence-corrected chi connectivity index (χ4v) is 3.91. The highest BCUT2D eigenvalue weighted by Gasteiger charge is 2.29. The Morgan fingerprint density at radius 3 is 2.87 bits per heavy atom. The van der Waals surface area contributed by atoms with Gasteiger partial charge < -0.3 is 10.3 Å². The van der Waals surface area contributed by atoms with Gasteiger partial charge in [-0.2, -0.15) is 10.4 Å². The first-order valence-electron chi connectivity index (χ1n) is 9.50. The number of H-pyrrole nitrogens is 2. The molecular formula is C22H18N7O+. The summed E-state index contributed by atoms with van der Waals surface area (Å²) in [7, 11) is 1.80. The molecule has 1 amide bonds. The molecule has 0 saturated carbocycles. The first kappa shape index (κ1) is 17.8. The normalized spacial score (nSPS) is 15.8. The molecule has 5 rings (SSSR count). The van der Waals surface area contributed by atoms with Crippen LogP contribution in [-0.4, -0.2) is 44.7 Å². The van der Waals surface area contributed by atoms with Crippen LogP contribution >= 0.6 is 0 Å². The Morgan fingerprint density at radius 2 is 2.10 bits per heavy atom. The summed E-state index contributed by atoms with van der Waals surface area (Å²) in [5.41, 5.74) is 5.09. The molecule has 0 radical (unpaired) electrons. The number of rotatable bonds is 3. The van der Waals surface area contributed by atoms with Crippen molar-refractivity contribution in [3.8, 4) is 17.2 Å². The smallest absolute Gasteiger partial charge is 0.277 e. The van der Waals surface area contributed by atoms with Gasteiger partial charge in [-0.05, 0) is 48.4 Å². The van der Waals surface area contributed by atoms with E-state index in [0.717, 1.165) is 32.9 Å². The maximum atomic E-state index is 12.9. The van der Waals surface area contributed by atoms with Gasteiger partial charge in [-0.1, -0.05) is 4.68 Å². The number of aromatic amines is 2. The van der Waals surface area contributed by atoms with E-state index in [-0.39, 0.29) is 11.8 Å². The summed E-state index contributed by atoms with van der Waals surface area (Å²) < 4.78 is 1.65. The Balaban J connectivity index is 1.63. The third kappa shape index (κ3) is 2.84. The number of aromatic nitrogens is 3. The molecule has 1 aliphatic rings. The number of hydrogen-bond acceptors (Lipinski definition) is 4. The number of fused-ring (bicyclic) bond motifs is 2. The number of nitriles is 1. The molecule has 2 aromatic carbocycles. The monoisotopic (exact) mass is 396 g/mol. The Labute approximate surface area is 171 Å². The number of carbonyl (C=O) groups excluding carboxylic acids is 1. The molecule has 0 aliphatic carbocycles. The Kier molecular flexibility index (Phi) is 3.96. The SMILES string of the molecule is CC1C=[N+](C)N=C1C(=O)Nc1cc(-c2cc(C#N)cc3[nH]ccc23)cc2[nH]ncc12. The molecular weight excluding hydrogens is 378 g/mol. The molecule has 1 atom stereocenters. The van der Waals surface area contributed by atoms with Gasteiger partial charge in [-0.3, -0.25) is 9.89 Å². The molecule has 1 unspecified atom stereocenters. The van der Waals surface area contributed by atoms with Crippen LogP contribution in [0.1, 0.15) is 12.5 Å². The third-order valence-electron chi connectivity index (χ3n) is 5.28. The van der Waals surface area contributed by atoms with Gasteiger partial charge in [0.2, 0.25) is 0 Å².